The van der Waals surface area contributed by atoms with E-state index in [9.17, 15) is 18.0 Å². The Labute approximate surface area is 199 Å². The number of carbonyl (C=O) groups excluding carboxylic acids is 1. The third kappa shape index (κ3) is 5.47. The van der Waals surface area contributed by atoms with E-state index in [2.05, 4.69) is 25.3 Å². The van der Waals surface area contributed by atoms with Crippen LogP contribution in [0.1, 0.15) is 29.6 Å². The fourth-order valence-corrected chi connectivity index (χ4v) is 3.93. The first-order chi connectivity index (χ1) is 16.5. The normalized spacial score (nSPS) is 15.6. The number of rotatable bonds is 7. The Morgan fingerprint density at radius 1 is 1.17 bits per heavy atom. The first-order valence-corrected chi connectivity index (χ1v) is 10.9. The third-order valence-corrected chi connectivity index (χ3v) is 5.86. The van der Waals surface area contributed by atoms with Crippen molar-refractivity contribution in [3.63, 3.8) is 0 Å². The van der Waals surface area contributed by atoms with E-state index in [-0.39, 0.29) is 24.2 Å². The van der Waals surface area contributed by atoms with E-state index in [0.717, 1.165) is 22.8 Å². The second-order valence-electron chi connectivity index (χ2n) is 8.30. The number of hydrogen-bond donors (Lipinski definition) is 1. The van der Waals surface area contributed by atoms with E-state index in [1.807, 2.05) is 31.9 Å². The Morgan fingerprint density at radius 2 is 1.91 bits per heavy atom. The minimum Gasteiger partial charge on any atom is -0.496 e. The first-order valence-electron chi connectivity index (χ1n) is 10.9. The molecule has 1 atom stereocenters. The molecular weight excluding hydrogens is 465 g/mol. The van der Waals surface area contributed by atoms with Gasteiger partial charge in [0.05, 0.1) is 36.4 Å². The molecule has 0 saturated carbocycles. The minimum absolute atomic E-state index is 0.0681. The van der Waals surface area contributed by atoms with E-state index >= 15 is 0 Å². The van der Waals surface area contributed by atoms with Gasteiger partial charge in [0.1, 0.15) is 17.5 Å². The van der Waals surface area contributed by atoms with Gasteiger partial charge in [-0.15, -0.1) is 18.3 Å². The number of methoxy groups -OCH3 is 1. The summed E-state index contributed by atoms with van der Waals surface area (Å²) >= 11 is 0. The molecule has 1 aliphatic rings. The summed E-state index contributed by atoms with van der Waals surface area (Å²) < 4.78 is 48.5. The number of fused-ring (bicyclic) bond motifs is 1. The number of carbonyl (C=O) groups is 1. The number of anilines is 2. The van der Waals surface area contributed by atoms with Crippen molar-refractivity contribution in [1.82, 2.24) is 20.0 Å². The summed E-state index contributed by atoms with van der Waals surface area (Å²) in [5.74, 6) is 0.00937. The molecule has 1 amide bonds. The van der Waals surface area contributed by atoms with Crippen LogP contribution in [0.15, 0.2) is 30.5 Å². The van der Waals surface area contributed by atoms with E-state index in [1.54, 1.807) is 6.20 Å². The number of aryl methyl sites for hydroxylation is 3. The quantitative estimate of drug-likeness (QED) is 0.542. The molecule has 0 fully saturated rings. The molecule has 0 aliphatic carbocycles. The highest BCUT2D eigenvalue weighted by molar-refractivity contribution is 6.03. The highest BCUT2D eigenvalue weighted by atomic mass is 19.4. The van der Waals surface area contributed by atoms with Crippen molar-refractivity contribution in [2.45, 2.75) is 45.6 Å². The fraction of sp³-hybridized carbons (Fsp3) is 0.391. The van der Waals surface area contributed by atoms with Crippen molar-refractivity contribution in [1.29, 1.82) is 0 Å². The van der Waals surface area contributed by atoms with Gasteiger partial charge < -0.3 is 19.7 Å². The molecule has 3 aromatic rings. The average molecular weight is 490 g/mol. The molecule has 4 rings (SSSR count). The molecule has 12 heteroatoms. The lowest BCUT2D eigenvalue weighted by Gasteiger charge is -2.34. The van der Waals surface area contributed by atoms with Crippen LogP contribution in [-0.4, -0.2) is 52.4 Å². The molecule has 3 heterocycles. The van der Waals surface area contributed by atoms with Gasteiger partial charge in [0.2, 0.25) is 5.91 Å². The SMILES string of the molecule is COc1ccc(OC(F)(F)F)cc1Cn1cc(CCc2cc3c(c(C)n2)NC(=O)[C@H](C)N3C)nn1. The lowest BCUT2D eigenvalue weighted by atomic mass is 10.1. The van der Waals surface area contributed by atoms with Gasteiger partial charge >= 0.3 is 6.36 Å². The third-order valence-electron chi connectivity index (χ3n) is 5.86. The van der Waals surface area contributed by atoms with Crippen molar-refractivity contribution in [3.05, 3.63) is 53.1 Å². The largest absolute Gasteiger partial charge is 0.573 e. The number of alkyl halides is 3. The summed E-state index contributed by atoms with van der Waals surface area (Å²) in [6.07, 6.45) is -1.89. The van der Waals surface area contributed by atoms with Crippen LogP contribution in [0.4, 0.5) is 24.5 Å². The number of halogens is 3. The van der Waals surface area contributed by atoms with Gasteiger partial charge in [-0.2, -0.15) is 0 Å². The van der Waals surface area contributed by atoms with Crippen LogP contribution in [0, 0.1) is 6.92 Å². The zero-order chi connectivity index (χ0) is 25.3. The maximum atomic E-state index is 12.6. The average Bonchev–Trinajstić information content (AvgIpc) is 3.23. The molecule has 1 N–H and O–H groups in total. The van der Waals surface area contributed by atoms with Crippen LogP contribution in [0.3, 0.4) is 0 Å². The number of hydrogen-bond acceptors (Lipinski definition) is 7. The van der Waals surface area contributed by atoms with Crippen molar-refractivity contribution < 1.29 is 27.4 Å². The highest BCUT2D eigenvalue weighted by Gasteiger charge is 2.31. The Kier molecular flexibility index (Phi) is 6.55. The fourth-order valence-electron chi connectivity index (χ4n) is 3.93. The highest BCUT2D eigenvalue weighted by Crippen LogP contribution is 2.34. The van der Waals surface area contributed by atoms with Crippen molar-refractivity contribution in [2.24, 2.45) is 0 Å². The van der Waals surface area contributed by atoms with Crippen molar-refractivity contribution in [3.8, 4) is 11.5 Å². The number of aromatic nitrogens is 4. The van der Waals surface area contributed by atoms with Crippen molar-refractivity contribution in [2.75, 3.05) is 24.4 Å². The molecule has 186 valence electrons. The number of ether oxygens (including phenoxy) is 2. The Hall–Kier alpha value is -3.83. The second kappa shape index (κ2) is 9.43. The number of nitrogens with one attached hydrogen (secondary N) is 1. The molecule has 0 unspecified atom stereocenters. The second-order valence-corrected chi connectivity index (χ2v) is 8.30. The maximum Gasteiger partial charge on any atom is 0.573 e. The maximum absolute atomic E-state index is 12.6. The summed E-state index contributed by atoms with van der Waals surface area (Å²) in [6, 6.07) is 5.55. The first kappa shape index (κ1) is 24.3. The molecule has 9 nitrogen and oxygen atoms in total. The smallest absolute Gasteiger partial charge is 0.496 e. The number of pyridine rings is 1. The monoisotopic (exact) mass is 490 g/mol. The van der Waals surface area contributed by atoms with Crippen LogP contribution < -0.4 is 19.7 Å². The van der Waals surface area contributed by atoms with Gasteiger partial charge in [0.15, 0.2) is 0 Å². The van der Waals surface area contributed by atoms with E-state index < -0.39 is 6.36 Å². The Morgan fingerprint density at radius 3 is 2.63 bits per heavy atom. The predicted molar refractivity (Wildman–Crippen MR) is 122 cm³/mol. The van der Waals surface area contributed by atoms with Crippen LogP contribution >= 0.6 is 0 Å². The zero-order valence-electron chi connectivity index (χ0n) is 19.7. The number of likely N-dealkylation sites (N-methyl/N-ethyl adjacent to an activating group) is 1. The Balaban J connectivity index is 1.46. The lowest BCUT2D eigenvalue weighted by molar-refractivity contribution is -0.274. The van der Waals surface area contributed by atoms with E-state index in [1.165, 1.54) is 30.0 Å². The van der Waals surface area contributed by atoms with Gasteiger partial charge in [-0.1, -0.05) is 5.21 Å². The van der Waals surface area contributed by atoms with Crippen LogP contribution in [0.25, 0.3) is 0 Å². The van der Waals surface area contributed by atoms with Gasteiger partial charge in [-0.25, -0.2) is 4.68 Å². The summed E-state index contributed by atoms with van der Waals surface area (Å²) in [6.45, 7) is 3.85. The van der Waals surface area contributed by atoms with E-state index in [0.29, 0.717) is 29.8 Å². The van der Waals surface area contributed by atoms with Crippen LogP contribution in [-0.2, 0) is 24.2 Å². The predicted octanol–water partition coefficient (Wildman–Crippen LogP) is 3.50. The summed E-state index contributed by atoms with van der Waals surface area (Å²) in [5.41, 5.74) is 4.40. The summed E-state index contributed by atoms with van der Waals surface area (Å²) in [4.78, 5) is 18.6. The Bertz CT molecular complexity index is 1240. The molecular formula is C23H25F3N6O3. The topological polar surface area (TPSA) is 94.4 Å². The zero-order valence-corrected chi connectivity index (χ0v) is 19.7. The number of nitrogens with zero attached hydrogens (tertiary/aromatic N) is 5. The molecule has 2 aromatic heterocycles. The van der Waals surface area contributed by atoms with E-state index in [4.69, 9.17) is 4.74 Å². The molecule has 0 spiro atoms. The molecule has 1 aliphatic heterocycles. The molecule has 0 bridgehead atoms. The van der Waals surface area contributed by atoms with Gasteiger partial charge in [0, 0.05) is 24.5 Å². The van der Waals surface area contributed by atoms with Gasteiger partial charge in [-0.3, -0.25) is 9.78 Å². The summed E-state index contributed by atoms with van der Waals surface area (Å²) in [7, 11) is 3.31. The standard InChI is InChI=1S/C23H25F3N6O3/c1-13-21-19(31(3)14(2)22(33)28-21)10-16(27-13)5-6-17-12-32(30-29-17)11-15-9-18(35-23(24,25)26)7-8-20(15)34-4/h7-10,12,14H,5-6,11H2,1-4H3,(H,28,33)/t14-/m0/s1. The minimum atomic E-state index is -4.78. The molecule has 0 radical (unpaired) electrons. The lowest BCUT2D eigenvalue weighted by Crippen LogP contribution is -2.44. The van der Waals surface area contributed by atoms with Crippen LogP contribution in [0.2, 0.25) is 0 Å². The number of amides is 1. The van der Waals surface area contributed by atoms with Crippen LogP contribution in [0.5, 0.6) is 11.5 Å². The van der Waals surface area contributed by atoms with Crippen molar-refractivity contribution >= 4 is 17.3 Å². The molecule has 35 heavy (non-hydrogen) atoms. The molecule has 0 saturated heterocycles. The van der Waals surface area contributed by atoms with Gasteiger partial charge in [0.25, 0.3) is 0 Å². The van der Waals surface area contributed by atoms with Gasteiger partial charge in [-0.05, 0) is 51.0 Å². The summed E-state index contributed by atoms with van der Waals surface area (Å²) in [5, 5.41) is 11.2. The number of benzene rings is 1. The molecule has 1 aromatic carbocycles.